The van der Waals surface area contributed by atoms with Crippen LogP contribution in [0.4, 0.5) is 0 Å². The van der Waals surface area contributed by atoms with Gasteiger partial charge in [0.2, 0.25) is 0 Å². The molecular formula is C18H28O2. The molecule has 0 radical (unpaired) electrons. The van der Waals surface area contributed by atoms with E-state index in [4.69, 9.17) is 4.74 Å². The van der Waals surface area contributed by atoms with Gasteiger partial charge in [-0.2, -0.15) is 0 Å². The molecule has 4 fully saturated rings. The maximum atomic E-state index is 12.5. The SMILES string of the molecule is C=C(C(=O)OC12CC3CC(CC(C3)C1)C2)C(CC)CC. The van der Waals surface area contributed by atoms with Gasteiger partial charge in [-0.15, -0.1) is 0 Å². The molecule has 0 spiro atoms. The van der Waals surface area contributed by atoms with Crippen molar-refractivity contribution in [2.24, 2.45) is 23.7 Å². The molecule has 0 atom stereocenters. The van der Waals surface area contributed by atoms with Gasteiger partial charge in [0.05, 0.1) is 0 Å². The van der Waals surface area contributed by atoms with Crippen molar-refractivity contribution < 1.29 is 9.53 Å². The third kappa shape index (κ3) is 2.42. The van der Waals surface area contributed by atoms with Crippen molar-refractivity contribution in [3.8, 4) is 0 Å². The molecule has 4 aliphatic carbocycles. The minimum absolute atomic E-state index is 0.111. The van der Waals surface area contributed by atoms with Crippen molar-refractivity contribution in [1.29, 1.82) is 0 Å². The van der Waals surface area contributed by atoms with Crippen LogP contribution in [0.3, 0.4) is 0 Å². The molecule has 0 aromatic carbocycles. The summed E-state index contributed by atoms with van der Waals surface area (Å²) in [7, 11) is 0. The minimum Gasteiger partial charge on any atom is -0.456 e. The summed E-state index contributed by atoms with van der Waals surface area (Å²) in [6.45, 7) is 8.27. The Bertz CT molecular complexity index is 370. The van der Waals surface area contributed by atoms with E-state index in [-0.39, 0.29) is 17.5 Å². The third-order valence-electron chi connectivity index (χ3n) is 6.03. The Balaban J connectivity index is 1.68. The normalized spacial score (nSPS) is 38.2. The molecule has 4 rings (SSSR count). The standard InChI is InChI=1S/C18H28O2/c1-4-16(5-2)12(3)17(19)20-18-9-13-6-14(10-18)8-15(7-13)11-18/h13-16H,3-11H2,1-2H3. The molecule has 112 valence electrons. The maximum absolute atomic E-state index is 12.5. The first-order valence-corrected chi connectivity index (χ1v) is 8.47. The predicted octanol–water partition coefficient (Wildman–Crippen LogP) is 4.49. The highest BCUT2D eigenvalue weighted by Gasteiger charge is 2.53. The molecular weight excluding hydrogens is 248 g/mol. The quantitative estimate of drug-likeness (QED) is 0.546. The molecule has 2 heteroatoms. The third-order valence-corrected chi connectivity index (χ3v) is 6.03. The van der Waals surface area contributed by atoms with Gasteiger partial charge in [-0.05, 0) is 75.0 Å². The Hall–Kier alpha value is -0.790. The summed E-state index contributed by atoms with van der Waals surface area (Å²) in [6, 6.07) is 0. The molecule has 4 bridgehead atoms. The van der Waals surface area contributed by atoms with Gasteiger partial charge in [0.25, 0.3) is 0 Å². The molecule has 2 nitrogen and oxygen atoms in total. The van der Waals surface area contributed by atoms with E-state index in [9.17, 15) is 4.79 Å². The number of hydrogen-bond donors (Lipinski definition) is 0. The highest BCUT2D eigenvalue weighted by Crippen LogP contribution is 2.57. The Morgan fingerprint density at radius 2 is 1.55 bits per heavy atom. The summed E-state index contributed by atoms with van der Waals surface area (Å²) in [5.74, 6) is 2.62. The van der Waals surface area contributed by atoms with Crippen LogP contribution in [0.5, 0.6) is 0 Å². The van der Waals surface area contributed by atoms with E-state index in [0.717, 1.165) is 49.9 Å². The average molecular weight is 276 g/mol. The number of ether oxygens (including phenoxy) is 1. The van der Waals surface area contributed by atoms with Crippen molar-refractivity contribution in [3.05, 3.63) is 12.2 Å². The van der Waals surface area contributed by atoms with E-state index >= 15 is 0 Å². The lowest BCUT2D eigenvalue weighted by Gasteiger charge is -2.55. The van der Waals surface area contributed by atoms with Crippen molar-refractivity contribution >= 4 is 5.97 Å². The number of rotatable bonds is 5. The molecule has 4 saturated carbocycles. The molecule has 0 saturated heterocycles. The maximum Gasteiger partial charge on any atom is 0.334 e. The predicted molar refractivity (Wildman–Crippen MR) is 80.2 cm³/mol. The number of carbonyl (C=O) groups is 1. The molecule has 0 N–H and O–H groups in total. The first-order valence-electron chi connectivity index (χ1n) is 8.47. The monoisotopic (exact) mass is 276 g/mol. The second-order valence-corrected chi connectivity index (χ2v) is 7.53. The van der Waals surface area contributed by atoms with Crippen molar-refractivity contribution in [2.75, 3.05) is 0 Å². The van der Waals surface area contributed by atoms with Crippen LogP contribution in [0.15, 0.2) is 12.2 Å². The first kappa shape index (κ1) is 14.2. The summed E-state index contributed by atoms with van der Waals surface area (Å²) in [6.07, 6.45) is 9.43. The van der Waals surface area contributed by atoms with Crippen LogP contribution >= 0.6 is 0 Å². The summed E-state index contributed by atoms with van der Waals surface area (Å²) in [4.78, 5) is 12.5. The van der Waals surface area contributed by atoms with Crippen LogP contribution in [-0.4, -0.2) is 11.6 Å². The minimum atomic E-state index is -0.124. The highest BCUT2D eigenvalue weighted by atomic mass is 16.6. The van der Waals surface area contributed by atoms with Gasteiger partial charge in [-0.1, -0.05) is 20.4 Å². The van der Waals surface area contributed by atoms with E-state index in [1.807, 2.05) is 0 Å². The Morgan fingerprint density at radius 3 is 1.95 bits per heavy atom. The van der Waals surface area contributed by atoms with Crippen LogP contribution in [0.25, 0.3) is 0 Å². The van der Waals surface area contributed by atoms with E-state index in [1.165, 1.54) is 19.3 Å². The molecule has 0 heterocycles. The van der Waals surface area contributed by atoms with Crippen molar-refractivity contribution in [3.63, 3.8) is 0 Å². The molecule has 20 heavy (non-hydrogen) atoms. The van der Waals surface area contributed by atoms with Gasteiger partial charge >= 0.3 is 5.97 Å². The average Bonchev–Trinajstić information content (AvgIpc) is 2.37. The summed E-state index contributed by atoms with van der Waals surface area (Å²) < 4.78 is 6.06. The van der Waals surface area contributed by atoms with Crippen molar-refractivity contribution in [2.45, 2.75) is 70.8 Å². The molecule has 0 aliphatic heterocycles. The summed E-state index contributed by atoms with van der Waals surface area (Å²) in [5.41, 5.74) is 0.576. The van der Waals surface area contributed by atoms with E-state index in [0.29, 0.717) is 5.57 Å². The zero-order valence-corrected chi connectivity index (χ0v) is 13.0. The van der Waals surface area contributed by atoms with E-state index in [1.54, 1.807) is 0 Å². The van der Waals surface area contributed by atoms with Gasteiger partial charge in [0.1, 0.15) is 5.60 Å². The second-order valence-electron chi connectivity index (χ2n) is 7.53. The van der Waals surface area contributed by atoms with Gasteiger partial charge in [-0.3, -0.25) is 0 Å². The molecule has 4 aliphatic rings. The van der Waals surface area contributed by atoms with E-state index in [2.05, 4.69) is 20.4 Å². The first-order chi connectivity index (χ1) is 9.55. The van der Waals surface area contributed by atoms with Crippen LogP contribution in [0.1, 0.15) is 65.2 Å². The topological polar surface area (TPSA) is 26.3 Å². The Morgan fingerprint density at radius 1 is 1.10 bits per heavy atom. The van der Waals surface area contributed by atoms with Crippen LogP contribution in [0, 0.1) is 23.7 Å². The smallest absolute Gasteiger partial charge is 0.334 e. The van der Waals surface area contributed by atoms with Crippen LogP contribution < -0.4 is 0 Å². The van der Waals surface area contributed by atoms with Gasteiger partial charge in [-0.25, -0.2) is 4.79 Å². The zero-order chi connectivity index (χ0) is 14.3. The Labute approximate surface area is 123 Å². The zero-order valence-electron chi connectivity index (χ0n) is 13.0. The molecule has 0 unspecified atom stereocenters. The van der Waals surface area contributed by atoms with Crippen LogP contribution in [0.2, 0.25) is 0 Å². The molecule has 0 aromatic heterocycles. The van der Waals surface area contributed by atoms with Gasteiger partial charge in [0, 0.05) is 5.57 Å². The van der Waals surface area contributed by atoms with Crippen LogP contribution in [-0.2, 0) is 9.53 Å². The largest absolute Gasteiger partial charge is 0.456 e. The molecule has 0 amide bonds. The number of carbonyl (C=O) groups excluding carboxylic acids is 1. The van der Waals surface area contributed by atoms with Gasteiger partial charge in [0.15, 0.2) is 0 Å². The lowest BCUT2D eigenvalue weighted by atomic mass is 9.54. The highest BCUT2D eigenvalue weighted by molar-refractivity contribution is 5.88. The van der Waals surface area contributed by atoms with Gasteiger partial charge < -0.3 is 4.74 Å². The lowest BCUT2D eigenvalue weighted by Crippen LogP contribution is -2.53. The number of esters is 1. The number of hydrogen-bond acceptors (Lipinski definition) is 2. The Kier molecular flexibility index (Phi) is 3.68. The fraction of sp³-hybridized carbons (Fsp3) is 0.833. The fourth-order valence-electron chi connectivity index (χ4n) is 5.37. The summed E-state index contributed by atoms with van der Waals surface area (Å²) >= 11 is 0. The molecule has 0 aromatic rings. The van der Waals surface area contributed by atoms with Crippen molar-refractivity contribution in [1.82, 2.24) is 0 Å². The summed E-state index contributed by atoms with van der Waals surface area (Å²) in [5, 5.41) is 0. The second kappa shape index (κ2) is 5.20. The lowest BCUT2D eigenvalue weighted by molar-refractivity contribution is -0.182. The fourth-order valence-corrected chi connectivity index (χ4v) is 5.37. The van der Waals surface area contributed by atoms with E-state index < -0.39 is 0 Å².